The summed E-state index contributed by atoms with van der Waals surface area (Å²) in [5.74, 6) is 1.25. The number of likely N-dealkylation sites (tertiary alicyclic amines) is 1. The van der Waals surface area contributed by atoms with Gasteiger partial charge in [-0.2, -0.15) is 0 Å². The van der Waals surface area contributed by atoms with Crippen molar-refractivity contribution >= 4 is 11.8 Å². The number of piperidine rings is 1. The number of ether oxygens (including phenoxy) is 1. The average Bonchev–Trinajstić information content (AvgIpc) is 2.72. The van der Waals surface area contributed by atoms with Crippen LogP contribution in [0.3, 0.4) is 0 Å². The van der Waals surface area contributed by atoms with Crippen molar-refractivity contribution < 1.29 is 14.3 Å². The highest BCUT2D eigenvalue weighted by atomic mass is 16.5. The van der Waals surface area contributed by atoms with E-state index in [9.17, 15) is 9.59 Å². The van der Waals surface area contributed by atoms with Crippen LogP contribution in [0.25, 0.3) is 0 Å². The predicted octanol–water partition coefficient (Wildman–Crippen LogP) is 3.52. The van der Waals surface area contributed by atoms with Crippen molar-refractivity contribution in [3.63, 3.8) is 0 Å². The van der Waals surface area contributed by atoms with Gasteiger partial charge in [-0.1, -0.05) is 29.3 Å². The van der Waals surface area contributed by atoms with Gasteiger partial charge in [0.15, 0.2) is 0 Å². The molecule has 29 heavy (non-hydrogen) atoms. The molecule has 5 nitrogen and oxygen atoms in total. The largest absolute Gasteiger partial charge is 0.497 e. The van der Waals surface area contributed by atoms with Crippen molar-refractivity contribution in [1.82, 2.24) is 10.2 Å². The summed E-state index contributed by atoms with van der Waals surface area (Å²) in [4.78, 5) is 26.7. The monoisotopic (exact) mass is 394 g/mol. The van der Waals surface area contributed by atoms with E-state index in [0.717, 1.165) is 49.2 Å². The van der Waals surface area contributed by atoms with E-state index in [1.165, 1.54) is 5.56 Å². The van der Waals surface area contributed by atoms with Crippen LogP contribution in [0, 0.1) is 19.8 Å². The average molecular weight is 395 g/mol. The Balaban J connectivity index is 1.44. The molecule has 1 aliphatic rings. The second-order valence-electron chi connectivity index (χ2n) is 7.94. The molecule has 0 spiro atoms. The molecule has 1 heterocycles. The Morgan fingerprint density at radius 1 is 1.03 bits per heavy atom. The quantitative estimate of drug-likeness (QED) is 0.816. The van der Waals surface area contributed by atoms with E-state index in [0.29, 0.717) is 11.5 Å². The zero-order chi connectivity index (χ0) is 20.8. The predicted molar refractivity (Wildman–Crippen MR) is 114 cm³/mol. The maximum atomic E-state index is 12.5. The molecule has 2 aromatic carbocycles. The molecule has 0 saturated carbocycles. The van der Waals surface area contributed by atoms with Crippen LogP contribution in [0.1, 0.15) is 39.9 Å². The van der Waals surface area contributed by atoms with Crippen molar-refractivity contribution in [1.29, 1.82) is 0 Å². The molecular weight excluding hydrogens is 364 g/mol. The van der Waals surface area contributed by atoms with Gasteiger partial charge in [0.2, 0.25) is 5.91 Å². The van der Waals surface area contributed by atoms with Crippen LogP contribution >= 0.6 is 0 Å². The topological polar surface area (TPSA) is 58.6 Å². The second-order valence-corrected chi connectivity index (χ2v) is 7.94. The standard InChI is InChI=1S/C24H30N2O3/c1-17-12-18(2)14-21(13-17)24(28)25-16-23(27)26-10-8-20(9-11-26)15-19-4-6-22(29-3)7-5-19/h4-7,12-14,20H,8-11,15-16H2,1-3H3,(H,25,28). The van der Waals surface area contributed by atoms with E-state index >= 15 is 0 Å². The Labute approximate surface area is 173 Å². The summed E-state index contributed by atoms with van der Waals surface area (Å²) >= 11 is 0. The van der Waals surface area contributed by atoms with Gasteiger partial charge in [0.05, 0.1) is 13.7 Å². The van der Waals surface area contributed by atoms with Gasteiger partial charge in [-0.3, -0.25) is 9.59 Å². The fraction of sp³-hybridized carbons (Fsp3) is 0.417. The van der Waals surface area contributed by atoms with E-state index in [2.05, 4.69) is 17.4 Å². The first-order valence-corrected chi connectivity index (χ1v) is 10.2. The van der Waals surface area contributed by atoms with Crippen molar-refractivity contribution in [3.05, 3.63) is 64.7 Å². The Bertz CT molecular complexity index is 833. The van der Waals surface area contributed by atoms with Crippen molar-refractivity contribution in [2.45, 2.75) is 33.1 Å². The van der Waals surface area contributed by atoms with Crippen molar-refractivity contribution in [3.8, 4) is 5.75 Å². The number of rotatable bonds is 6. The van der Waals surface area contributed by atoms with Gasteiger partial charge in [0, 0.05) is 18.7 Å². The summed E-state index contributed by atoms with van der Waals surface area (Å²) in [7, 11) is 1.67. The molecule has 3 rings (SSSR count). The van der Waals surface area contributed by atoms with E-state index in [4.69, 9.17) is 4.74 Å². The highest BCUT2D eigenvalue weighted by molar-refractivity contribution is 5.96. The lowest BCUT2D eigenvalue weighted by atomic mass is 9.90. The number of aryl methyl sites for hydroxylation is 2. The van der Waals surface area contributed by atoms with Gasteiger partial charge in [0.1, 0.15) is 5.75 Å². The molecule has 5 heteroatoms. The Morgan fingerprint density at radius 2 is 1.66 bits per heavy atom. The number of methoxy groups -OCH3 is 1. The van der Waals surface area contributed by atoms with Crippen LogP contribution < -0.4 is 10.1 Å². The third kappa shape index (κ3) is 5.83. The third-order valence-electron chi connectivity index (χ3n) is 5.53. The number of amides is 2. The Kier molecular flexibility index (Phi) is 6.91. The van der Waals surface area contributed by atoms with Crippen LogP contribution in [0.2, 0.25) is 0 Å². The molecule has 0 unspecified atom stereocenters. The number of hydrogen-bond acceptors (Lipinski definition) is 3. The maximum absolute atomic E-state index is 12.5. The summed E-state index contributed by atoms with van der Waals surface area (Å²) < 4.78 is 5.21. The van der Waals surface area contributed by atoms with E-state index in [-0.39, 0.29) is 18.4 Å². The molecular formula is C24H30N2O3. The summed E-state index contributed by atoms with van der Waals surface area (Å²) in [6.07, 6.45) is 3.00. The number of nitrogens with zero attached hydrogens (tertiary/aromatic N) is 1. The van der Waals surface area contributed by atoms with Crippen molar-refractivity contribution in [2.75, 3.05) is 26.7 Å². The van der Waals surface area contributed by atoms with Crippen LogP contribution in [0.15, 0.2) is 42.5 Å². The first-order chi connectivity index (χ1) is 13.9. The number of nitrogens with one attached hydrogen (secondary N) is 1. The van der Waals surface area contributed by atoms with Crippen LogP contribution in [-0.4, -0.2) is 43.5 Å². The molecule has 154 valence electrons. The number of benzene rings is 2. The molecule has 0 aliphatic carbocycles. The van der Waals surface area contributed by atoms with E-state index < -0.39 is 0 Å². The summed E-state index contributed by atoms with van der Waals surface area (Å²) in [5.41, 5.74) is 3.99. The van der Waals surface area contributed by atoms with Crippen LogP contribution in [-0.2, 0) is 11.2 Å². The van der Waals surface area contributed by atoms with Gasteiger partial charge in [-0.25, -0.2) is 0 Å². The van der Waals surface area contributed by atoms with Crippen LogP contribution in [0.4, 0.5) is 0 Å². The SMILES string of the molecule is COc1ccc(CC2CCN(C(=O)CNC(=O)c3cc(C)cc(C)c3)CC2)cc1. The minimum absolute atomic E-state index is 0.00868. The van der Waals surface area contributed by atoms with Gasteiger partial charge in [0.25, 0.3) is 5.91 Å². The first kappa shape index (κ1) is 20.9. The fourth-order valence-electron chi connectivity index (χ4n) is 3.96. The van der Waals surface area contributed by atoms with E-state index in [1.807, 2.05) is 49.1 Å². The number of hydrogen-bond donors (Lipinski definition) is 1. The zero-order valence-electron chi connectivity index (χ0n) is 17.5. The first-order valence-electron chi connectivity index (χ1n) is 10.2. The third-order valence-corrected chi connectivity index (χ3v) is 5.53. The number of carbonyl (C=O) groups excluding carboxylic acids is 2. The maximum Gasteiger partial charge on any atom is 0.251 e. The Morgan fingerprint density at radius 3 is 2.24 bits per heavy atom. The lowest BCUT2D eigenvalue weighted by Gasteiger charge is -2.32. The van der Waals surface area contributed by atoms with Crippen LogP contribution in [0.5, 0.6) is 5.75 Å². The highest BCUT2D eigenvalue weighted by Crippen LogP contribution is 2.23. The van der Waals surface area contributed by atoms with Crippen molar-refractivity contribution in [2.24, 2.45) is 5.92 Å². The lowest BCUT2D eigenvalue weighted by molar-refractivity contribution is -0.131. The summed E-state index contributed by atoms with van der Waals surface area (Å²) in [5, 5.41) is 2.77. The minimum Gasteiger partial charge on any atom is -0.497 e. The molecule has 0 atom stereocenters. The zero-order valence-corrected chi connectivity index (χ0v) is 17.5. The Hall–Kier alpha value is -2.82. The molecule has 1 fully saturated rings. The van der Waals surface area contributed by atoms with Gasteiger partial charge in [-0.05, 0) is 68.9 Å². The highest BCUT2D eigenvalue weighted by Gasteiger charge is 2.23. The molecule has 2 amide bonds. The normalized spacial score (nSPS) is 14.5. The number of carbonyl (C=O) groups is 2. The molecule has 0 aromatic heterocycles. The molecule has 2 aromatic rings. The summed E-state index contributed by atoms with van der Waals surface area (Å²) in [6.45, 7) is 5.48. The smallest absolute Gasteiger partial charge is 0.251 e. The minimum atomic E-state index is -0.195. The molecule has 0 radical (unpaired) electrons. The van der Waals surface area contributed by atoms with Gasteiger partial charge >= 0.3 is 0 Å². The van der Waals surface area contributed by atoms with Gasteiger partial charge < -0.3 is 15.0 Å². The lowest BCUT2D eigenvalue weighted by Crippen LogP contribution is -2.44. The molecule has 0 bridgehead atoms. The molecule has 1 N–H and O–H groups in total. The van der Waals surface area contributed by atoms with Gasteiger partial charge in [-0.15, -0.1) is 0 Å². The summed E-state index contributed by atoms with van der Waals surface area (Å²) in [6, 6.07) is 13.9. The second kappa shape index (κ2) is 9.59. The molecule has 1 aliphatic heterocycles. The fourth-order valence-corrected chi connectivity index (χ4v) is 3.96. The molecule has 1 saturated heterocycles. The van der Waals surface area contributed by atoms with E-state index in [1.54, 1.807) is 7.11 Å².